The first-order valence-corrected chi connectivity index (χ1v) is 10.6. The lowest BCUT2D eigenvalue weighted by Crippen LogP contribution is -2.33. The largest absolute Gasteiger partial charge is 0.459 e. The molecule has 1 saturated carbocycles. The Morgan fingerprint density at radius 2 is 1.84 bits per heavy atom. The average Bonchev–Trinajstić information content (AvgIpc) is 3.50. The highest BCUT2D eigenvalue weighted by atomic mass is 16.7. The van der Waals surface area contributed by atoms with Gasteiger partial charge in [0.2, 0.25) is 13.1 Å². The Bertz CT molecular complexity index is 982. The molecule has 162 valence electrons. The molecule has 2 aromatic rings. The van der Waals surface area contributed by atoms with Gasteiger partial charge in [0.1, 0.15) is 0 Å². The summed E-state index contributed by atoms with van der Waals surface area (Å²) in [5, 5.41) is 12.2. The number of rotatable bonds is 7. The van der Waals surface area contributed by atoms with E-state index in [1.54, 1.807) is 0 Å². The molecular formula is C24H25NO6. The first-order chi connectivity index (χ1) is 15.2. The number of nitrogens with one attached hydrogen (secondary N) is 1. The number of carbonyl (C=O) groups is 1. The lowest BCUT2D eigenvalue weighted by Gasteiger charge is -2.29. The topological polar surface area (TPSA) is 86.3 Å². The number of carbonyl (C=O) groups excluding carboxylic acids is 1. The Hall–Kier alpha value is -3.03. The van der Waals surface area contributed by atoms with E-state index in [1.165, 1.54) is 0 Å². The number of allylic oxidation sites excluding steroid dienone is 1. The Balaban J connectivity index is 1.32. The fourth-order valence-electron chi connectivity index (χ4n) is 3.71. The van der Waals surface area contributed by atoms with E-state index in [4.69, 9.17) is 18.9 Å². The highest BCUT2D eigenvalue weighted by Gasteiger charge is 2.32. The normalized spacial score (nSPS) is 21.9. The molecule has 0 aromatic heterocycles. The fourth-order valence-corrected chi connectivity index (χ4v) is 3.71. The molecule has 2 aromatic carbocycles. The van der Waals surface area contributed by atoms with Crippen LogP contribution in [-0.2, 0) is 27.5 Å². The van der Waals surface area contributed by atoms with E-state index in [1.807, 2.05) is 48.5 Å². The molecule has 0 bridgehead atoms. The summed E-state index contributed by atoms with van der Waals surface area (Å²) in [6, 6.07) is 13.6. The quantitative estimate of drug-likeness (QED) is 0.712. The molecule has 2 atom stereocenters. The first-order valence-electron chi connectivity index (χ1n) is 10.6. The SMILES string of the molecule is O=C(NC1CC1)C1=C[C@H](c2ccc3c(c2)OCO3)C[C@H](OCc2ccc(CO)cc2)O1. The zero-order valence-electron chi connectivity index (χ0n) is 17.1. The molecule has 2 heterocycles. The van der Waals surface area contributed by atoms with E-state index in [-0.39, 0.29) is 31.3 Å². The smallest absolute Gasteiger partial charge is 0.286 e. The van der Waals surface area contributed by atoms with Crippen LogP contribution in [0.25, 0.3) is 0 Å². The molecule has 7 heteroatoms. The zero-order chi connectivity index (χ0) is 21.2. The second-order valence-electron chi connectivity index (χ2n) is 8.07. The van der Waals surface area contributed by atoms with Crippen molar-refractivity contribution >= 4 is 5.91 Å². The van der Waals surface area contributed by atoms with Gasteiger partial charge in [-0.15, -0.1) is 0 Å². The minimum atomic E-state index is -0.558. The number of amides is 1. The van der Waals surface area contributed by atoms with E-state index in [2.05, 4.69) is 5.32 Å². The standard InChI is InChI=1S/C24H25NO6/c26-12-15-1-3-16(4-2-15)13-28-23-11-18(10-22(31-23)24(27)25-19-6-7-19)17-5-8-20-21(9-17)30-14-29-20/h1-5,8-10,18-19,23,26H,6-7,11-14H2,(H,25,27)/t18-,23+/m0/s1. The molecule has 0 spiro atoms. The van der Waals surface area contributed by atoms with Gasteiger partial charge in [-0.1, -0.05) is 30.3 Å². The van der Waals surface area contributed by atoms with E-state index in [9.17, 15) is 9.90 Å². The summed E-state index contributed by atoms with van der Waals surface area (Å²) in [6.45, 7) is 0.578. The summed E-state index contributed by atoms with van der Waals surface area (Å²) in [7, 11) is 0. The van der Waals surface area contributed by atoms with E-state index in [0.29, 0.717) is 24.5 Å². The minimum Gasteiger partial charge on any atom is -0.459 e. The summed E-state index contributed by atoms with van der Waals surface area (Å²) in [4.78, 5) is 12.7. The van der Waals surface area contributed by atoms with Gasteiger partial charge in [0.25, 0.3) is 5.91 Å². The van der Waals surface area contributed by atoms with Crippen LogP contribution in [0.1, 0.15) is 41.9 Å². The Kier molecular flexibility index (Phi) is 5.53. The van der Waals surface area contributed by atoms with Gasteiger partial charge in [0.15, 0.2) is 17.3 Å². The van der Waals surface area contributed by atoms with Crippen molar-refractivity contribution in [3.63, 3.8) is 0 Å². The highest BCUT2D eigenvalue weighted by Crippen LogP contribution is 2.38. The molecule has 2 N–H and O–H groups in total. The molecule has 2 aliphatic heterocycles. The first kappa shape index (κ1) is 19.9. The number of hydrogen-bond acceptors (Lipinski definition) is 6. The molecule has 1 fully saturated rings. The molecule has 0 radical (unpaired) electrons. The third-order valence-corrected chi connectivity index (χ3v) is 5.66. The van der Waals surface area contributed by atoms with Crippen molar-refractivity contribution in [2.45, 2.75) is 50.7 Å². The molecule has 3 aliphatic rings. The van der Waals surface area contributed by atoms with Crippen LogP contribution < -0.4 is 14.8 Å². The number of fused-ring (bicyclic) bond motifs is 1. The second kappa shape index (κ2) is 8.61. The summed E-state index contributed by atoms with van der Waals surface area (Å²) in [5.74, 6) is 1.48. The van der Waals surface area contributed by atoms with Crippen molar-refractivity contribution in [3.05, 3.63) is 71.0 Å². The molecule has 0 saturated heterocycles. The lowest BCUT2D eigenvalue weighted by atomic mass is 9.92. The molecule has 1 aliphatic carbocycles. The zero-order valence-corrected chi connectivity index (χ0v) is 17.1. The lowest BCUT2D eigenvalue weighted by molar-refractivity contribution is -0.150. The molecule has 5 rings (SSSR count). The highest BCUT2D eigenvalue weighted by molar-refractivity contribution is 5.92. The van der Waals surface area contributed by atoms with Gasteiger partial charge < -0.3 is 29.4 Å². The van der Waals surface area contributed by atoms with Gasteiger partial charge in [-0.3, -0.25) is 4.79 Å². The van der Waals surface area contributed by atoms with Gasteiger partial charge in [-0.2, -0.15) is 0 Å². The van der Waals surface area contributed by atoms with Crippen molar-refractivity contribution in [2.75, 3.05) is 6.79 Å². The van der Waals surface area contributed by atoms with Crippen LogP contribution >= 0.6 is 0 Å². The molecule has 0 unspecified atom stereocenters. The molecule has 7 nitrogen and oxygen atoms in total. The van der Waals surface area contributed by atoms with Crippen molar-refractivity contribution in [1.29, 1.82) is 0 Å². The van der Waals surface area contributed by atoms with Gasteiger partial charge in [0.05, 0.1) is 13.2 Å². The molecule has 1 amide bonds. The fraction of sp³-hybridized carbons (Fsp3) is 0.375. The molecular weight excluding hydrogens is 398 g/mol. The van der Waals surface area contributed by atoms with Crippen LogP contribution in [0.2, 0.25) is 0 Å². The monoisotopic (exact) mass is 423 g/mol. The summed E-state index contributed by atoms with van der Waals surface area (Å²) in [5.41, 5.74) is 2.84. The summed E-state index contributed by atoms with van der Waals surface area (Å²) >= 11 is 0. The second-order valence-corrected chi connectivity index (χ2v) is 8.07. The van der Waals surface area contributed by atoms with Crippen molar-refractivity contribution in [3.8, 4) is 11.5 Å². The number of ether oxygens (including phenoxy) is 4. The third kappa shape index (κ3) is 4.68. The van der Waals surface area contributed by atoms with Crippen LogP contribution in [0.5, 0.6) is 11.5 Å². The van der Waals surface area contributed by atoms with Crippen LogP contribution in [-0.4, -0.2) is 30.1 Å². The van der Waals surface area contributed by atoms with E-state index in [0.717, 1.165) is 35.3 Å². The van der Waals surface area contributed by atoms with Crippen LogP contribution in [0.4, 0.5) is 0 Å². The minimum absolute atomic E-state index is 0.00828. The van der Waals surface area contributed by atoms with Gasteiger partial charge in [0, 0.05) is 18.4 Å². The Labute approximate surface area is 180 Å². The predicted molar refractivity (Wildman–Crippen MR) is 111 cm³/mol. The van der Waals surface area contributed by atoms with Crippen LogP contribution in [0.3, 0.4) is 0 Å². The predicted octanol–water partition coefficient (Wildman–Crippen LogP) is 3.12. The van der Waals surface area contributed by atoms with E-state index < -0.39 is 6.29 Å². The Morgan fingerprint density at radius 1 is 1.06 bits per heavy atom. The molecule has 31 heavy (non-hydrogen) atoms. The van der Waals surface area contributed by atoms with Crippen molar-refractivity contribution in [2.24, 2.45) is 0 Å². The number of benzene rings is 2. The van der Waals surface area contributed by atoms with Gasteiger partial charge >= 0.3 is 0 Å². The maximum absolute atomic E-state index is 12.7. The van der Waals surface area contributed by atoms with Gasteiger partial charge in [-0.05, 0) is 47.7 Å². The Morgan fingerprint density at radius 3 is 2.61 bits per heavy atom. The van der Waals surface area contributed by atoms with Crippen LogP contribution in [0.15, 0.2) is 54.3 Å². The van der Waals surface area contributed by atoms with Crippen molar-refractivity contribution < 1.29 is 28.8 Å². The van der Waals surface area contributed by atoms with E-state index >= 15 is 0 Å². The maximum atomic E-state index is 12.7. The average molecular weight is 423 g/mol. The third-order valence-electron chi connectivity index (χ3n) is 5.66. The maximum Gasteiger partial charge on any atom is 0.286 e. The number of aliphatic hydroxyl groups excluding tert-OH is 1. The van der Waals surface area contributed by atoms with Crippen molar-refractivity contribution in [1.82, 2.24) is 5.32 Å². The number of aliphatic hydroxyl groups is 1. The van der Waals surface area contributed by atoms with Crippen LogP contribution in [0, 0.1) is 0 Å². The summed E-state index contributed by atoms with van der Waals surface area (Å²) in [6.07, 6.45) is 3.90. The van der Waals surface area contributed by atoms with Gasteiger partial charge in [-0.25, -0.2) is 0 Å². The number of hydrogen-bond donors (Lipinski definition) is 2. The summed E-state index contributed by atoms with van der Waals surface area (Å²) < 4.78 is 22.9.